The average molecular weight is 287 g/mol. The van der Waals surface area contributed by atoms with Crippen LogP contribution in [0.5, 0.6) is 0 Å². The quantitative estimate of drug-likeness (QED) is 0.802. The third kappa shape index (κ3) is 4.29. The molecule has 0 bridgehead atoms. The Morgan fingerprint density at radius 1 is 1.19 bits per heavy atom. The Kier molecular flexibility index (Phi) is 4.88. The Bertz CT molecular complexity index is 452. The number of carbonyl (C=O) groups is 1. The molecule has 1 saturated carbocycles. The van der Waals surface area contributed by atoms with Crippen molar-refractivity contribution in [2.75, 3.05) is 26.2 Å². The molecule has 0 radical (unpaired) electrons. The van der Waals surface area contributed by atoms with Gasteiger partial charge in [0, 0.05) is 12.6 Å². The number of hydrogen-bond donors (Lipinski definition) is 2. The molecule has 2 fully saturated rings. The summed E-state index contributed by atoms with van der Waals surface area (Å²) in [6.45, 7) is 3.42. The van der Waals surface area contributed by atoms with Gasteiger partial charge in [0.1, 0.15) is 0 Å². The maximum atomic E-state index is 11.9. The third-order valence-electron chi connectivity index (χ3n) is 4.39. The molecule has 1 aromatic carbocycles. The van der Waals surface area contributed by atoms with Crippen LogP contribution in [0.3, 0.4) is 0 Å². The number of nitrogens with one attached hydrogen (secondary N) is 2. The molecule has 4 heteroatoms. The maximum absolute atomic E-state index is 11.9. The molecule has 4 nitrogen and oxygen atoms in total. The van der Waals surface area contributed by atoms with Crippen LogP contribution >= 0.6 is 0 Å². The molecule has 1 heterocycles. The number of hydrogen-bond acceptors (Lipinski definition) is 3. The highest BCUT2D eigenvalue weighted by atomic mass is 16.1. The van der Waals surface area contributed by atoms with Gasteiger partial charge in [-0.2, -0.15) is 0 Å². The molecule has 21 heavy (non-hydrogen) atoms. The summed E-state index contributed by atoms with van der Waals surface area (Å²) in [5.74, 6) is 0.113. The highest BCUT2D eigenvalue weighted by Crippen LogP contribution is 2.24. The molecule has 1 aliphatic carbocycles. The van der Waals surface area contributed by atoms with E-state index in [-0.39, 0.29) is 5.91 Å². The van der Waals surface area contributed by atoms with E-state index in [0.29, 0.717) is 25.2 Å². The van der Waals surface area contributed by atoms with Gasteiger partial charge in [-0.1, -0.05) is 30.3 Å². The smallest absolute Gasteiger partial charge is 0.234 e. The van der Waals surface area contributed by atoms with Gasteiger partial charge in [0.15, 0.2) is 0 Å². The minimum absolute atomic E-state index is 0.113. The van der Waals surface area contributed by atoms with E-state index < -0.39 is 0 Å². The zero-order valence-electron chi connectivity index (χ0n) is 12.6. The summed E-state index contributed by atoms with van der Waals surface area (Å²) in [7, 11) is 0. The first kappa shape index (κ1) is 14.5. The van der Waals surface area contributed by atoms with Crippen molar-refractivity contribution in [2.45, 2.75) is 37.8 Å². The van der Waals surface area contributed by atoms with Crippen LogP contribution in [0, 0.1) is 0 Å². The van der Waals surface area contributed by atoms with Gasteiger partial charge in [-0.15, -0.1) is 0 Å². The molecule has 0 aromatic heterocycles. The van der Waals surface area contributed by atoms with Gasteiger partial charge in [0.2, 0.25) is 5.91 Å². The molecule has 2 aliphatic rings. The normalized spacial score (nSPS) is 20.4. The lowest BCUT2D eigenvalue weighted by atomic mass is 10.1. The molecule has 1 aromatic rings. The van der Waals surface area contributed by atoms with E-state index >= 15 is 0 Å². The summed E-state index contributed by atoms with van der Waals surface area (Å²) < 4.78 is 0. The first-order valence-electron chi connectivity index (χ1n) is 8.12. The minimum Gasteiger partial charge on any atom is -0.353 e. The topological polar surface area (TPSA) is 44.4 Å². The Labute approximate surface area is 126 Å². The predicted molar refractivity (Wildman–Crippen MR) is 84.0 cm³/mol. The van der Waals surface area contributed by atoms with Crippen LogP contribution in [-0.4, -0.2) is 43.0 Å². The van der Waals surface area contributed by atoms with Crippen LogP contribution in [0.2, 0.25) is 0 Å². The van der Waals surface area contributed by atoms with E-state index in [4.69, 9.17) is 0 Å². The standard InChI is InChI=1S/C17H25N3O/c21-17(13-18-15-8-9-15)19-12-16(20-10-4-5-11-20)14-6-2-1-3-7-14/h1-3,6-7,15-16,18H,4-5,8-13H2,(H,19,21). The Morgan fingerprint density at radius 2 is 1.90 bits per heavy atom. The van der Waals surface area contributed by atoms with Crippen LogP contribution in [0.25, 0.3) is 0 Å². The van der Waals surface area contributed by atoms with Gasteiger partial charge < -0.3 is 10.6 Å². The zero-order chi connectivity index (χ0) is 14.5. The summed E-state index contributed by atoms with van der Waals surface area (Å²) in [5.41, 5.74) is 1.30. The largest absolute Gasteiger partial charge is 0.353 e. The molecule has 1 atom stereocenters. The second kappa shape index (κ2) is 7.05. The van der Waals surface area contributed by atoms with E-state index in [1.54, 1.807) is 0 Å². The first-order valence-corrected chi connectivity index (χ1v) is 8.12. The summed E-state index contributed by atoms with van der Waals surface area (Å²) in [4.78, 5) is 14.4. The Balaban J connectivity index is 1.55. The van der Waals surface area contributed by atoms with E-state index in [9.17, 15) is 4.79 Å². The number of nitrogens with zero attached hydrogens (tertiary/aromatic N) is 1. The lowest BCUT2D eigenvalue weighted by molar-refractivity contribution is -0.120. The van der Waals surface area contributed by atoms with Gasteiger partial charge >= 0.3 is 0 Å². The lowest BCUT2D eigenvalue weighted by Crippen LogP contribution is -2.40. The van der Waals surface area contributed by atoms with E-state index in [2.05, 4.69) is 39.8 Å². The van der Waals surface area contributed by atoms with Crippen molar-refractivity contribution >= 4 is 5.91 Å². The fourth-order valence-electron chi connectivity index (χ4n) is 2.98. The summed E-state index contributed by atoms with van der Waals surface area (Å²) in [6.07, 6.45) is 4.96. The predicted octanol–water partition coefficient (Wildman–Crippen LogP) is 1.69. The minimum atomic E-state index is 0.113. The summed E-state index contributed by atoms with van der Waals surface area (Å²) >= 11 is 0. The second-order valence-electron chi connectivity index (χ2n) is 6.13. The molecule has 1 aliphatic heterocycles. The molecule has 2 N–H and O–H groups in total. The third-order valence-corrected chi connectivity index (χ3v) is 4.39. The molecule has 1 unspecified atom stereocenters. The summed E-state index contributed by atoms with van der Waals surface area (Å²) in [6, 6.07) is 11.4. The first-order chi connectivity index (χ1) is 10.3. The van der Waals surface area contributed by atoms with Crippen molar-refractivity contribution in [3.63, 3.8) is 0 Å². The van der Waals surface area contributed by atoms with Gasteiger partial charge in [-0.25, -0.2) is 0 Å². The highest BCUT2D eigenvalue weighted by Gasteiger charge is 2.24. The SMILES string of the molecule is O=C(CNC1CC1)NCC(c1ccccc1)N1CCCC1. The number of likely N-dealkylation sites (tertiary alicyclic amines) is 1. The zero-order valence-corrected chi connectivity index (χ0v) is 12.6. The van der Waals surface area contributed by atoms with Gasteiger partial charge in [-0.05, 0) is 44.3 Å². The summed E-state index contributed by atoms with van der Waals surface area (Å²) in [5, 5.41) is 6.36. The van der Waals surface area contributed by atoms with Crippen LogP contribution in [0.1, 0.15) is 37.3 Å². The van der Waals surface area contributed by atoms with E-state index in [1.165, 1.54) is 31.2 Å². The number of benzene rings is 1. The lowest BCUT2D eigenvalue weighted by Gasteiger charge is -2.28. The molecular weight excluding hydrogens is 262 g/mol. The molecular formula is C17H25N3O. The van der Waals surface area contributed by atoms with Crippen molar-refractivity contribution in [1.82, 2.24) is 15.5 Å². The number of amides is 1. The highest BCUT2D eigenvalue weighted by molar-refractivity contribution is 5.78. The molecule has 0 spiro atoms. The van der Waals surface area contributed by atoms with Crippen LogP contribution in [0.4, 0.5) is 0 Å². The van der Waals surface area contributed by atoms with Crippen molar-refractivity contribution < 1.29 is 4.79 Å². The fourth-order valence-corrected chi connectivity index (χ4v) is 2.98. The molecule has 3 rings (SSSR count). The molecule has 1 saturated heterocycles. The van der Waals surface area contributed by atoms with Gasteiger partial charge in [0.25, 0.3) is 0 Å². The Morgan fingerprint density at radius 3 is 2.57 bits per heavy atom. The molecule has 114 valence electrons. The van der Waals surface area contributed by atoms with Crippen molar-refractivity contribution in [3.05, 3.63) is 35.9 Å². The van der Waals surface area contributed by atoms with Crippen LogP contribution < -0.4 is 10.6 Å². The van der Waals surface area contributed by atoms with E-state index in [1.807, 2.05) is 6.07 Å². The van der Waals surface area contributed by atoms with Gasteiger partial charge in [-0.3, -0.25) is 9.69 Å². The van der Waals surface area contributed by atoms with Gasteiger partial charge in [0.05, 0.1) is 12.6 Å². The average Bonchev–Trinajstić information content (AvgIpc) is 3.20. The monoisotopic (exact) mass is 287 g/mol. The number of rotatable bonds is 7. The van der Waals surface area contributed by atoms with Crippen molar-refractivity contribution in [3.8, 4) is 0 Å². The maximum Gasteiger partial charge on any atom is 0.234 e. The fraction of sp³-hybridized carbons (Fsp3) is 0.588. The second-order valence-corrected chi connectivity index (χ2v) is 6.13. The van der Waals surface area contributed by atoms with Crippen molar-refractivity contribution in [1.29, 1.82) is 0 Å². The van der Waals surface area contributed by atoms with Crippen LogP contribution in [-0.2, 0) is 4.79 Å². The van der Waals surface area contributed by atoms with Crippen molar-refractivity contribution in [2.24, 2.45) is 0 Å². The molecule has 1 amide bonds. The van der Waals surface area contributed by atoms with E-state index in [0.717, 1.165) is 13.1 Å². The van der Waals surface area contributed by atoms with Crippen LogP contribution in [0.15, 0.2) is 30.3 Å². The Hall–Kier alpha value is -1.39. The number of carbonyl (C=O) groups excluding carboxylic acids is 1.